The van der Waals surface area contributed by atoms with Crippen LogP contribution in [0.1, 0.15) is 5.56 Å². The van der Waals surface area contributed by atoms with Gasteiger partial charge in [-0.2, -0.15) is 4.98 Å². The number of nitrogens with zero attached hydrogens (tertiary/aromatic N) is 4. The van der Waals surface area contributed by atoms with Gasteiger partial charge in [-0.3, -0.25) is 4.79 Å². The Kier molecular flexibility index (Phi) is 5.19. The number of fused-ring (bicyclic) bond motifs is 1. The monoisotopic (exact) mass is 410 g/mol. The quantitative estimate of drug-likeness (QED) is 0.471. The van der Waals surface area contributed by atoms with Gasteiger partial charge < -0.3 is 14.3 Å². The second kappa shape index (κ2) is 8.44. The van der Waals surface area contributed by atoms with E-state index in [0.29, 0.717) is 38.0 Å². The maximum atomic E-state index is 12.5. The average molecular weight is 410 g/mol. The first-order valence-corrected chi connectivity index (χ1v) is 10.4. The molecule has 1 amide bonds. The molecule has 0 N–H and O–H groups in total. The van der Waals surface area contributed by atoms with Crippen molar-refractivity contribution < 1.29 is 9.32 Å². The van der Waals surface area contributed by atoms with Crippen LogP contribution in [0.15, 0.2) is 83.4 Å². The summed E-state index contributed by atoms with van der Waals surface area (Å²) < 4.78 is 5.52. The predicted octanol–water partition coefficient (Wildman–Crippen LogP) is 4.25. The molecule has 0 aliphatic carbocycles. The lowest BCUT2D eigenvalue weighted by molar-refractivity contribution is -0.126. The molecule has 0 bridgehead atoms. The summed E-state index contributed by atoms with van der Waals surface area (Å²) in [5.74, 6) is 0.593. The van der Waals surface area contributed by atoms with Gasteiger partial charge in [0.1, 0.15) is 0 Å². The van der Waals surface area contributed by atoms with E-state index in [1.807, 2.05) is 64.4 Å². The number of carbonyl (C=O) groups is 1. The molecule has 1 aromatic heterocycles. The van der Waals surface area contributed by atoms with Crippen LogP contribution in [0.25, 0.3) is 28.2 Å². The first-order chi connectivity index (χ1) is 15.3. The highest BCUT2D eigenvalue weighted by Crippen LogP contribution is 2.24. The highest BCUT2D eigenvalue weighted by atomic mass is 16.5. The molecule has 1 fully saturated rings. The molecular weight excluding hydrogens is 388 g/mol. The minimum absolute atomic E-state index is 0.0193. The van der Waals surface area contributed by atoms with Gasteiger partial charge in [0.25, 0.3) is 0 Å². The van der Waals surface area contributed by atoms with Crippen LogP contribution in [0.3, 0.4) is 0 Å². The Bertz CT molecular complexity index is 1220. The van der Waals surface area contributed by atoms with Crippen LogP contribution in [0.5, 0.6) is 0 Å². The van der Waals surface area contributed by atoms with E-state index in [9.17, 15) is 4.79 Å². The van der Waals surface area contributed by atoms with Crippen molar-refractivity contribution in [1.29, 1.82) is 0 Å². The van der Waals surface area contributed by atoms with Crippen molar-refractivity contribution >= 4 is 28.8 Å². The van der Waals surface area contributed by atoms with Crippen molar-refractivity contribution in [1.82, 2.24) is 15.0 Å². The van der Waals surface area contributed by atoms with E-state index in [2.05, 4.69) is 34.4 Å². The van der Waals surface area contributed by atoms with Gasteiger partial charge in [0.05, 0.1) is 0 Å². The molecule has 5 rings (SSSR count). The van der Waals surface area contributed by atoms with Gasteiger partial charge in [0, 0.05) is 37.8 Å². The zero-order chi connectivity index (χ0) is 21.0. The SMILES string of the molecule is O=C(/C=C/c1ccccc1)N1CCN(c2nc(-c3ccc4ccccc4c3)no2)CC1. The fraction of sp³-hybridized carbons (Fsp3) is 0.160. The summed E-state index contributed by atoms with van der Waals surface area (Å²) in [5, 5.41) is 6.48. The van der Waals surface area contributed by atoms with Gasteiger partial charge in [-0.1, -0.05) is 71.9 Å². The molecule has 31 heavy (non-hydrogen) atoms. The Labute approximate surface area is 180 Å². The summed E-state index contributed by atoms with van der Waals surface area (Å²) in [7, 11) is 0. The van der Waals surface area contributed by atoms with Crippen LogP contribution >= 0.6 is 0 Å². The Morgan fingerprint density at radius 2 is 1.61 bits per heavy atom. The maximum Gasteiger partial charge on any atom is 0.324 e. The van der Waals surface area contributed by atoms with Gasteiger partial charge in [0.15, 0.2) is 0 Å². The van der Waals surface area contributed by atoms with Crippen molar-refractivity contribution in [3.8, 4) is 11.4 Å². The number of hydrogen-bond donors (Lipinski definition) is 0. The van der Waals surface area contributed by atoms with Crippen LogP contribution in [-0.2, 0) is 4.79 Å². The lowest BCUT2D eigenvalue weighted by Crippen LogP contribution is -2.48. The molecule has 0 atom stereocenters. The number of rotatable bonds is 4. The summed E-state index contributed by atoms with van der Waals surface area (Å²) >= 11 is 0. The molecule has 3 aromatic carbocycles. The molecule has 4 aromatic rings. The first kappa shape index (κ1) is 19.1. The number of carbonyl (C=O) groups excluding carboxylic acids is 1. The molecule has 1 saturated heterocycles. The van der Waals surface area contributed by atoms with E-state index in [0.717, 1.165) is 16.5 Å². The van der Waals surface area contributed by atoms with Crippen molar-refractivity contribution in [2.24, 2.45) is 0 Å². The molecule has 0 saturated carbocycles. The number of anilines is 1. The number of aromatic nitrogens is 2. The summed E-state index contributed by atoms with van der Waals surface area (Å²) in [6.07, 6.45) is 3.48. The van der Waals surface area contributed by atoms with Gasteiger partial charge in [0.2, 0.25) is 11.7 Å². The predicted molar refractivity (Wildman–Crippen MR) is 122 cm³/mol. The zero-order valence-corrected chi connectivity index (χ0v) is 17.0. The second-order valence-electron chi connectivity index (χ2n) is 7.52. The normalized spacial score (nSPS) is 14.5. The van der Waals surface area contributed by atoms with Crippen LogP contribution in [-0.4, -0.2) is 47.1 Å². The molecule has 1 aliphatic heterocycles. The van der Waals surface area contributed by atoms with E-state index in [-0.39, 0.29) is 5.91 Å². The zero-order valence-electron chi connectivity index (χ0n) is 17.0. The van der Waals surface area contributed by atoms with Crippen LogP contribution in [0.2, 0.25) is 0 Å². The summed E-state index contributed by atoms with van der Waals surface area (Å²) in [6.45, 7) is 2.55. The molecule has 2 heterocycles. The summed E-state index contributed by atoms with van der Waals surface area (Å²) in [4.78, 5) is 20.9. The van der Waals surface area contributed by atoms with Crippen LogP contribution in [0, 0.1) is 0 Å². The minimum Gasteiger partial charge on any atom is -0.336 e. The fourth-order valence-corrected chi connectivity index (χ4v) is 3.74. The third-order valence-electron chi connectivity index (χ3n) is 5.50. The molecular formula is C25H22N4O2. The molecule has 6 heteroatoms. The lowest BCUT2D eigenvalue weighted by Gasteiger charge is -2.32. The van der Waals surface area contributed by atoms with Crippen molar-refractivity contribution in [2.75, 3.05) is 31.1 Å². The van der Waals surface area contributed by atoms with Gasteiger partial charge in [-0.15, -0.1) is 0 Å². The highest BCUT2D eigenvalue weighted by Gasteiger charge is 2.23. The molecule has 0 spiro atoms. The van der Waals surface area contributed by atoms with Gasteiger partial charge >= 0.3 is 6.01 Å². The smallest absolute Gasteiger partial charge is 0.324 e. The van der Waals surface area contributed by atoms with E-state index in [4.69, 9.17) is 4.52 Å². The Balaban J connectivity index is 1.22. The summed E-state index contributed by atoms with van der Waals surface area (Å²) in [5.41, 5.74) is 1.94. The minimum atomic E-state index is 0.0193. The summed E-state index contributed by atoms with van der Waals surface area (Å²) in [6, 6.07) is 24.7. The molecule has 6 nitrogen and oxygen atoms in total. The number of piperazine rings is 1. The molecule has 1 aliphatic rings. The fourth-order valence-electron chi connectivity index (χ4n) is 3.74. The van der Waals surface area contributed by atoms with Crippen LogP contribution < -0.4 is 4.90 Å². The molecule has 0 radical (unpaired) electrons. The van der Waals surface area contributed by atoms with Gasteiger partial charge in [-0.25, -0.2) is 0 Å². The largest absolute Gasteiger partial charge is 0.336 e. The topological polar surface area (TPSA) is 62.5 Å². The Morgan fingerprint density at radius 3 is 2.42 bits per heavy atom. The third-order valence-corrected chi connectivity index (χ3v) is 5.50. The van der Waals surface area contributed by atoms with Gasteiger partial charge in [-0.05, 0) is 28.5 Å². The van der Waals surface area contributed by atoms with Crippen LogP contribution in [0.4, 0.5) is 6.01 Å². The average Bonchev–Trinajstić information content (AvgIpc) is 3.33. The van der Waals surface area contributed by atoms with E-state index >= 15 is 0 Å². The second-order valence-corrected chi connectivity index (χ2v) is 7.52. The standard InChI is InChI=1S/C25H22N4O2/c30-23(13-10-19-6-2-1-3-7-19)28-14-16-29(17-15-28)25-26-24(27-31-25)22-12-11-20-8-4-5-9-21(20)18-22/h1-13,18H,14-17H2/b13-10+. The Hall–Kier alpha value is -3.93. The van der Waals surface area contributed by atoms with E-state index in [1.165, 1.54) is 5.39 Å². The highest BCUT2D eigenvalue weighted by molar-refractivity contribution is 5.92. The lowest BCUT2D eigenvalue weighted by atomic mass is 10.1. The Morgan fingerprint density at radius 1 is 0.871 bits per heavy atom. The number of hydrogen-bond acceptors (Lipinski definition) is 5. The molecule has 0 unspecified atom stereocenters. The number of benzene rings is 3. The third kappa shape index (κ3) is 4.19. The van der Waals surface area contributed by atoms with Crippen molar-refractivity contribution in [3.05, 3.63) is 84.4 Å². The van der Waals surface area contributed by atoms with Crippen molar-refractivity contribution in [3.63, 3.8) is 0 Å². The van der Waals surface area contributed by atoms with E-state index < -0.39 is 0 Å². The maximum absolute atomic E-state index is 12.5. The number of amides is 1. The first-order valence-electron chi connectivity index (χ1n) is 10.4. The van der Waals surface area contributed by atoms with E-state index in [1.54, 1.807) is 6.08 Å². The van der Waals surface area contributed by atoms with Crippen molar-refractivity contribution in [2.45, 2.75) is 0 Å². The molecule has 154 valence electrons.